The average Bonchev–Trinajstić information content (AvgIpc) is 3.05. The van der Waals surface area contributed by atoms with E-state index in [1.54, 1.807) is 12.1 Å². The molecule has 3 rings (SSSR count). The minimum atomic E-state index is -0.521. The van der Waals surface area contributed by atoms with E-state index < -0.39 is 5.82 Å². The Hall–Kier alpha value is -1.13. The lowest BCUT2D eigenvalue weighted by Crippen LogP contribution is -2.47. The molecule has 1 saturated carbocycles. The van der Waals surface area contributed by atoms with Gasteiger partial charge in [0.2, 0.25) is 0 Å². The van der Waals surface area contributed by atoms with Crippen LogP contribution in [0, 0.1) is 5.82 Å². The smallest absolute Gasteiger partial charge is 0.169 e. The highest BCUT2D eigenvalue weighted by atomic mass is 19.1. The molecule has 1 unspecified atom stereocenters. The molecule has 2 fully saturated rings. The van der Waals surface area contributed by atoms with Gasteiger partial charge in [-0.2, -0.15) is 0 Å². The van der Waals surface area contributed by atoms with E-state index in [4.69, 9.17) is 4.74 Å². The molecule has 1 aliphatic carbocycles. The number of halogens is 1. The maximum Gasteiger partial charge on any atom is 0.169 e. The van der Waals surface area contributed by atoms with Crippen molar-refractivity contribution in [1.82, 2.24) is 5.32 Å². The van der Waals surface area contributed by atoms with Crippen LogP contribution in [0.25, 0.3) is 0 Å². The third-order valence-corrected chi connectivity index (χ3v) is 4.79. The highest BCUT2D eigenvalue weighted by Crippen LogP contribution is 2.42. The van der Waals surface area contributed by atoms with Gasteiger partial charge in [-0.15, -0.1) is 0 Å². The third kappa shape index (κ3) is 2.31. The summed E-state index contributed by atoms with van der Waals surface area (Å²) in [4.78, 5) is 0. The molecular weight excluding hydrogens is 257 g/mol. The van der Waals surface area contributed by atoms with Crippen molar-refractivity contribution in [2.45, 2.75) is 56.7 Å². The van der Waals surface area contributed by atoms with Crippen LogP contribution in [-0.2, 0) is 4.74 Å². The maximum absolute atomic E-state index is 14.0. The fourth-order valence-electron chi connectivity index (χ4n) is 3.73. The molecule has 110 valence electrons. The molecule has 3 nitrogen and oxygen atoms in total. The van der Waals surface area contributed by atoms with Crippen LogP contribution in [0.5, 0.6) is 5.75 Å². The Morgan fingerprint density at radius 1 is 1.40 bits per heavy atom. The molecule has 1 saturated heterocycles. The van der Waals surface area contributed by atoms with Crippen LogP contribution >= 0.6 is 0 Å². The Morgan fingerprint density at radius 3 is 2.95 bits per heavy atom. The van der Waals surface area contributed by atoms with Gasteiger partial charge in [-0.1, -0.05) is 12.1 Å². The maximum atomic E-state index is 14.0. The van der Waals surface area contributed by atoms with Gasteiger partial charge in [-0.05, 0) is 45.1 Å². The summed E-state index contributed by atoms with van der Waals surface area (Å²) in [5, 5.41) is 13.0. The zero-order valence-corrected chi connectivity index (χ0v) is 11.9. The van der Waals surface area contributed by atoms with Gasteiger partial charge in [0, 0.05) is 24.3 Å². The van der Waals surface area contributed by atoms with Gasteiger partial charge < -0.3 is 15.2 Å². The Morgan fingerprint density at radius 2 is 2.20 bits per heavy atom. The molecule has 0 amide bonds. The molecule has 0 radical (unpaired) electrons. The lowest BCUT2D eigenvalue weighted by molar-refractivity contribution is -0.0135. The number of aromatic hydroxyl groups is 1. The summed E-state index contributed by atoms with van der Waals surface area (Å²) in [6, 6.07) is 4.93. The van der Waals surface area contributed by atoms with E-state index in [2.05, 4.69) is 5.32 Å². The minimum absolute atomic E-state index is 0.0401. The Kier molecular flexibility index (Phi) is 3.69. The predicted octanol–water partition coefficient (Wildman–Crippen LogP) is 3.28. The molecule has 1 aromatic carbocycles. The van der Waals surface area contributed by atoms with E-state index in [1.165, 1.54) is 6.07 Å². The lowest BCUT2D eigenvalue weighted by atomic mass is 9.92. The summed E-state index contributed by atoms with van der Waals surface area (Å²) in [5.41, 5.74) is 0.478. The van der Waals surface area contributed by atoms with Crippen molar-refractivity contribution in [1.29, 1.82) is 0 Å². The van der Waals surface area contributed by atoms with Crippen LogP contribution in [0.4, 0.5) is 4.39 Å². The Balaban J connectivity index is 1.75. The first-order valence-electron chi connectivity index (χ1n) is 7.50. The van der Waals surface area contributed by atoms with Crippen LogP contribution in [0.15, 0.2) is 18.2 Å². The molecule has 0 aromatic heterocycles. The molecule has 2 aliphatic rings. The first kappa shape index (κ1) is 13.8. The topological polar surface area (TPSA) is 41.5 Å². The molecule has 4 heteroatoms. The largest absolute Gasteiger partial charge is 0.505 e. The first-order valence-corrected chi connectivity index (χ1v) is 7.50. The van der Waals surface area contributed by atoms with E-state index in [9.17, 15) is 9.50 Å². The van der Waals surface area contributed by atoms with Crippen molar-refractivity contribution >= 4 is 0 Å². The third-order valence-electron chi connectivity index (χ3n) is 4.79. The average molecular weight is 279 g/mol. The molecule has 1 aromatic rings. The lowest BCUT2D eigenvalue weighted by Gasteiger charge is -2.33. The molecule has 2 N–H and O–H groups in total. The van der Waals surface area contributed by atoms with E-state index in [0.717, 1.165) is 38.7 Å². The van der Waals surface area contributed by atoms with Crippen LogP contribution in [0.3, 0.4) is 0 Å². The molecule has 20 heavy (non-hydrogen) atoms. The van der Waals surface area contributed by atoms with Crippen molar-refractivity contribution < 1.29 is 14.2 Å². The molecular formula is C16H22FNO2. The quantitative estimate of drug-likeness (QED) is 0.892. The molecule has 1 heterocycles. The number of hydrogen-bond donors (Lipinski definition) is 2. The van der Waals surface area contributed by atoms with Gasteiger partial charge in [0.05, 0.1) is 5.60 Å². The number of ether oxygens (including phenoxy) is 1. The second-order valence-electron chi connectivity index (χ2n) is 6.03. The summed E-state index contributed by atoms with van der Waals surface area (Å²) in [6.07, 6.45) is 5.55. The van der Waals surface area contributed by atoms with Crippen molar-refractivity contribution in [3.63, 3.8) is 0 Å². The number of nitrogens with one attached hydrogen (secondary N) is 1. The first-order chi connectivity index (χ1) is 9.62. The minimum Gasteiger partial charge on any atom is -0.505 e. The standard InChI is InChI=1S/C16H22FNO2/c1-11(12-5-2-6-13(19)15(12)17)18-14-7-3-8-16(14)9-4-10-20-16/h2,5-6,11,14,18-19H,3-4,7-10H2,1H3/t11?,14-,16+/m1/s1. The van der Waals surface area contributed by atoms with Gasteiger partial charge in [0.15, 0.2) is 11.6 Å². The number of benzene rings is 1. The van der Waals surface area contributed by atoms with Gasteiger partial charge >= 0.3 is 0 Å². The number of phenolic OH excluding ortho intramolecular Hbond substituents is 1. The fraction of sp³-hybridized carbons (Fsp3) is 0.625. The number of phenols is 1. The van der Waals surface area contributed by atoms with E-state index in [1.807, 2.05) is 6.92 Å². The summed E-state index contributed by atoms with van der Waals surface area (Å²) in [7, 11) is 0. The fourth-order valence-corrected chi connectivity index (χ4v) is 3.73. The molecule has 1 aliphatic heterocycles. The van der Waals surface area contributed by atoms with Crippen LogP contribution in [0.2, 0.25) is 0 Å². The van der Waals surface area contributed by atoms with Crippen LogP contribution < -0.4 is 5.32 Å². The highest BCUT2D eigenvalue weighted by molar-refractivity contribution is 5.31. The zero-order chi connectivity index (χ0) is 14.2. The van der Waals surface area contributed by atoms with Crippen molar-refractivity contribution in [3.05, 3.63) is 29.6 Å². The van der Waals surface area contributed by atoms with E-state index in [-0.39, 0.29) is 23.4 Å². The highest BCUT2D eigenvalue weighted by Gasteiger charge is 2.46. The van der Waals surface area contributed by atoms with E-state index in [0.29, 0.717) is 5.56 Å². The SMILES string of the molecule is CC(N[C@@H]1CCC[C@]12CCCO2)c1cccc(O)c1F. The summed E-state index contributed by atoms with van der Waals surface area (Å²) in [6.45, 7) is 2.78. The zero-order valence-electron chi connectivity index (χ0n) is 11.9. The van der Waals surface area contributed by atoms with Crippen molar-refractivity contribution in [2.24, 2.45) is 0 Å². The molecule has 1 spiro atoms. The molecule has 0 bridgehead atoms. The van der Waals surface area contributed by atoms with Gasteiger partial charge in [0.25, 0.3) is 0 Å². The van der Waals surface area contributed by atoms with Crippen molar-refractivity contribution in [2.75, 3.05) is 6.61 Å². The summed E-state index contributed by atoms with van der Waals surface area (Å²) in [5.74, 6) is -0.804. The second kappa shape index (κ2) is 5.34. The van der Waals surface area contributed by atoms with Crippen molar-refractivity contribution in [3.8, 4) is 5.75 Å². The summed E-state index contributed by atoms with van der Waals surface area (Å²) < 4.78 is 20.0. The van der Waals surface area contributed by atoms with E-state index >= 15 is 0 Å². The van der Waals surface area contributed by atoms with Crippen LogP contribution in [-0.4, -0.2) is 23.4 Å². The number of hydrogen-bond acceptors (Lipinski definition) is 3. The number of rotatable bonds is 3. The molecule has 3 atom stereocenters. The monoisotopic (exact) mass is 279 g/mol. The van der Waals surface area contributed by atoms with Crippen LogP contribution in [0.1, 0.15) is 50.6 Å². The summed E-state index contributed by atoms with van der Waals surface area (Å²) >= 11 is 0. The van der Waals surface area contributed by atoms with Gasteiger partial charge in [0.1, 0.15) is 0 Å². The normalized spacial score (nSPS) is 31.0. The Bertz CT molecular complexity index is 480. The predicted molar refractivity (Wildman–Crippen MR) is 75.2 cm³/mol. The van der Waals surface area contributed by atoms with Gasteiger partial charge in [-0.3, -0.25) is 0 Å². The second-order valence-corrected chi connectivity index (χ2v) is 6.03. The Labute approximate surface area is 119 Å². The van der Waals surface area contributed by atoms with Gasteiger partial charge in [-0.25, -0.2) is 4.39 Å².